The number of hydrogen-bond acceptors (Lipinski definition) is 2. The predicted molar refractivity (Wildman–Crippen MR) is 22.7 cm³/mol. The van der Waals surface area contributed by atoms with E-state index >= 15 is 0 Å². The Kier molecular flexibility index (Phi) is 12.8. The van der Waals surface area contributed by atoms with Crippen molar-refractivity contribution in [3.05, 3.63) is 0 Å². The Labute approximate surface area is 76.5 Å². The summed E-state index contributed by atoms with van der Waals surface area (Å²) in [4.78, 5) is 0. The van der Waals surface area contributed by atoms with Gasteiger partial charge in [-0.2, -0.15) is 8.42 Å². The van der Waals surface area contributed by atoms with E-state index in [1.165, 1.54) is 0 Å². The van der Waals surface area contributed by atoms with Crippen LogP contribution in [0.3, 0.4) is 0 Å². The molecule has 0 aromatic rings. The quantitative estimate of drug-likeness (QED) is 0.378. The van der Waals surface area contributed by atoms with E-state index in [2.05, 4.69) is 0 Å². The van der Waals surface area contributed by atoms with Gasteiger partial charge in [-0.15, -0.1) is 0 Å². The van der Waals surface area contributed by atoms with E-state index in [-0.39, 0.29) is 49.3 Å². The van der Waals surface area contributed by atoms with Gasteiger partial charge in [-0.1, -0.05) is 0 Å². The van der Waals surface area contributed by atoms with Crippen LogP contribution in [0, 0.1) is 0 Å². The fraction of sp³-hybridized carbons (Fsp3) is 0. The van der Waals surface area contributed by atoms with Gasteiger partial charge < -0.3 is 0 Å². The van der Waals surface area contributed by atoms with E-state index < -0.39 is 10.4 Å². The molecule has 0 aromatic heterocycles. The van der Waals surface area contributed by atoms with Gasteiger partial charge in [-0.25, -0.2) is 0 Å². The normalized spacial score (nSPS) is 8.29. The van der Waals surface area contributed by atoms with Gasteiger partial charge in [0.15, 0.2) is 0 Å². The van der Waals surface area contributed by atoms with Crippen molar-refractivity contribution in [3.63, 3.8) is 0 Å². The van der Waals surface area contributed by atoms with Crippen LogP contribution in [-0.2, 0) is 36.6 Å². The maximum absolute atomic E-state index is 8.74. The Morgan fingerprint density at radius 2 is 1.14 bits per heavy atom. The van der Waals surface area contributed by atoms with Gasteiger partial charge in [0.05, 0.1) is 0 Å². The third-order valence-corrected chi connectivity index (χ3v) is 0. The maximum atomic E-state index is 8.74. The monoisotopic (exact) mass is 214 g/mol. The van der Waals surface area contributed by atoms with E-state index in [1.807, 2.05) is 0 Å². The zero-order valence-electron chi connectivity index (χ0n) is 2.62. The molecule has 0 heterocycles. The van der Waals surface area contributed by atoms with Gasteiger partial charge in [0, 0.05) is 26.2 Å². The molecule has 0 fully saturated rings. The minimum Gasteiger partial charge on any atom is -0.264 e. The van der Waals surface area contributed by atoms with Crippen molar-refractivity contribution in [2.24, 2.45) is 0 Å². The van der Waals surface area contributed by atoms with Crippen LogP contribution in [0.5, 0.6) is 0 Å². The molecule has 0 saturated carbocycles. The van der Waals surface area contributed by atoms with E-state index in [0.717, 1.165) is 0 Å². The zero-order valence-corrected chi connectivity index (χ0v) is 5.89. The summed E-state index contributed by atoms with van der Waals surface area (Å²) >= 11 is 0. The second-order valence-electron chi connectivity index (χ2n) is 0.448. The fourth-order valence-corrected chi connectivity index (χ4v) is 0. The van der Waals surface area contributed by atoms with Crippen molar-refractivity contribution >= 4 is 33.5 Å². The molecular weight excluding hydrogens is 212 g/mol. The molecule has 7 heavy (non-hydrogen) atoms. The number of hydrogen-bond donors (Lipinski definition) is 2. The summed E-state index contributed by atoms with van der Waals surface area (Å²) in [7, 11) is -4.67. The molecule has 0 aromatic carbocycles. The van der Waals surface area contributed by atoms with Crippen LogP contribution in [0.4, 0.5) is 0 Å². The molecule has 0 amide bonds. The Balaban J connectivity index is -0.0000000800. The summed E-state index contributed by atoms with van der Waals surface area (Å²) in [6, 6.07) is 0. The van der Waals surface area contributed by atoms with Gasteiger partial charge in [-0.05, 0) is 0 Å². The SMILES string of the molecule is O=S(=O)(O)O.[MgH2].[Zr]. The number of rotatable bonds is 0. The Hall–Kier alpha value is 1.52. The Morgan fingerprint density at radius 3 is 1.14 bits per heavy atom. The average molecular weight is 216 g/mol. The standard InChI is InChI=1S/Mg.H2O4S.Zr.2H/c;1-5(2,3)4;;;/h;(H2,1,2,3,4);;;. The molecule has 4 nitrogen and oxygen atoms in total. The van der Waals surface area contributed by atoms with E-state index in [1.54, 1.807) is 0 Å². The average Bonchev–Trinajstić information content (AvgIpc) is 0.722. The molecule has 0 aliphatic carbocycles. The van der Waals surface area contributed by atoms with Crippen molar-refractivity contribution in [1.29, 1.82) is 0 Å². The van der Waals surface area contributed by atoms with Crippen molar-refractivity contribution in [2.45, 2.75) is 0 Å². The molecule has 0 atom stereocenters. The van der Waals surface area contributed by atoms with Gasteiger partial charge in [0.1, 0.15) is 0 Å². The van der Waals surface area contributed by atoms with E-state index in [4.69, 9.17) is 17.5 Å². The molecule has 0 spiro atoms. The van der Waals surface area contributed by atoms with Crippen LogP contribution in [-0.4, -0.2) is 40.6 Å². The molecule has 0 rings (SSSR count). The Morgan fingerprint density at radius 1 is 1.14 bits per heavy atom. The Bertz CT molecular complexity index is 94.9. The largest absolute Gasteiger partial charge is 0.394 e. The molecule has 0 aliphatic rings. The first-order valence-corrected chi connectivity index (χ1v) is 2.10. The second kappa shape index (κ2) is 5.65. The van der Waals surface area contributed by atoms with Crippen molar-refractivity contribution in [3.8, 4) is 0 Å². The fourth-order valence-electron chi connectivity index (χ4n) is 0. The van der Waals surface area contributed by atoms with Crippen LogP contribution in [0.2, 0.25) is 0 Å². The molecule has 0 unspecified atom stereocenters. The molecule has 0 bridgehead atoms. The summed E-state index contributed by atoms with van der Waals surface area (Å²) in [5, 5.41) is 0. The molecule has 40 valence electrons. The third-order valence-electron chi connectivity index (χ3n) is 0. The zero-order chi connectivity index (χ0) is 4.50. The van der Waals surface area contributed by atoms with Crippen LogP contribution < -0.4 is 0 Å². The molecular formula is H4MgO4SZr. The summed E-state index contributed by atoms with van der Waals surface area (Å²) < 4.78 is 31.6. The topological polar surface area (TPSA) is 74.6 Å². The van der Waals surface area contributed by atoms with E-state index in [0.29, 0.717) is 0 Å². The van der Waals surface area contributed by atoms with E-state index in [9.17, 15) is 0 Å². The van der Waals surface area contributed by atoms with Crippen LogP contribution >= 0.6 is 0 Å². The molecule has 0 radical (unpaired) electrons. The minimum absolute atomic E-state index is 0. The summed E-state index contributed by atoms with van der Waals surface area (Å²) in [6.07, 6.45) is 0. The smallest absolute Gasteiger partial charge is 0.264 e. The minimum atomic E-state index is -4.67. The van der Waals surface area contributed by atoms with Crippen LogP contribution in [0.15, 0.2) is 0 Å². The van der Waals surface area contributed by atoms with Gasteiger partial charge in [0.25, 0.3) is 0 Å². The third kappa shape index (κ3) is 99.2. The first-order valence-electron chi connectivity index (χ1n) is 0.698. The van der Waals surface area contributed by atoms with Gasteiger partial charge in [-0.3, -0.25) is 9.11 Å². The molecule has 0 aliphatic heterocycles. The first kappa shape index (κ1) is 15.8. The summed E-state index contributed by atoms with van der Waals surface area (Å²) in [5.74, 6) is 0. The summed E-state index contributed by atoms with van der Waals surface area (Å²) in [5.41, 5.74) is 0. The van der Waals surface area contributed by atoms with Crippen LogP contribution in [0.1, 0.15) is 0 Å². The first-order chi connectivity index (χ1) is 2.00. The van der Waals surface area contributed by atoms with Crippen molar-refractivity contribution in [1.82, 2.24) is 0 Å². The molecule has 2 N–H and O–H groups in total. The van der Waals surface area contributed by atoms with Gasteiger partial charge in [0.2, 0.25) is 0 Å². The summed E-state index contributed by atoms with van der Waals surface area (Å²) in [6.45, 7) is 0. The van der Waals surface area contributed by atoms with Crippen molar-refractivity contribution in [2.75, 3.05) is 0 Å². The molecule has 7 heteroatoms. The molecule has 0 saturated heterocycles. The predicted octanol–water partition coefficient (Wildman–Crippen LogP) is -1.57. The second-order valence-corrected chi connectivity index (χ2v) is 1.34. The van der Waals surface area contributed by atoms with Gasteiger partial charge >= 0.3 is 33.5 Å². The van der Waals surface area contributed by atoms with Crippen LogP contribution in [0.25, 0.3) is 0 Å². The maximum Gasteiger partial charge on any atom is 0.394 e. The van der Waals surface area contributed by atoms with Crippen molar-refractivity contribution < 1.29 is 43.7 Å².